The van der Waals surface area contributed by atoms with Gasteiger partial charge in [0.05, 0.1) is 0 Å². The molecule has 1 saturated heterocycles. The number of rotatable bonds is 3. The van der Waals surface area contributed by atoms with Crippen molar-refractivity contribution in [1.82, 2.24) is 5.32 Å². The Kier molecular flexibility index (Phi) is 4.28. The van der Waals surface area contributed by atoms with Gasteiger partial charge in [-0.1, -0.05) is 32.9 Å². The standard InChI is InChI=1S/C16H25NO/c1-4-12-7-8-14(11(2)3)15(16(12)18)13-6-5-9-17-10-13/h7-8,11,13,17-18H,4-6,9-10H2,1-3H3. The zero-order chi connectivity index (χ0) is 13.1. The summed E-state index contributed by atoms with van der Waals surface area (Å²) >= 11 is 0. The van der Waals surface area contributed by atoms with Crippen LogP contribution in [0.4, 0.5) is 0 Å². The van der Waals surface area contributed by atoms with Crippen LogP contribution in [0, 0.1) is 0 Å². The van der Waals surface area contributed by atoms with Crippen molar-refractivity contribution in [1.29, 1.82) is 0 Å². The maximum atomic E-state index is 10.5. The molecule has 2 rings (SSSR count). The van der Waals surface area contributed by atoms with E-state index in [1.54, 1.807) is 0 Å². The Hall–Kier alpha value is -1.02. The SMILES string of the molecule is CCc1ccc(C(C)C)c(C2CCCNC2)c1O. The lowest BCUT2D eigenvalue weighted by Gasteiger charge is -2.28. The second kappa shape index (κ2) is 5.75. The van der Waals surface area contributed by atoms with Crippen molar-refractivity contribution in [2.45, 2.75) is 51.9 Å². The molecule has 0 saturated carbocycles. The zero-order valence-corrected chi connectivity index (χ0v) is 11.8. The summed E-state index contributed by atoms with van der Waals surface area (Å²) in [5, 5.41) is 14.0. The quantitative estimate of drug-likeness (QED) is 0.856. The Balaban J connectivity index is 2.45. The van der Waals surface area contributed by atoms with Gasteiger partial charge in [0.2, 0.25) is 0 Å². The predicted octanol–water partition coefficient (Wildman–Crippen LogP) is 3.55. The number of nitrogens with one attached hydrogen (secondary N) is 1. The summed E-state index contributed by atoms with van der Waals surface area (Å²) in [5.74, 6) is 1.50. The van der Waals surface area contributed by atoms with E-state index >= 15 is 0 Å². The van der Waals surface area contributed by atoms with Gasteiger partial charge < -0.3 is 10.4 Å². The lowest BCUT2D eigenvalue weighted by atomic mass is 9.83. The fourth-order valence-electron chi connectivity index (χ4n) is 2.98. The fraction of sp³-hybridized carbons (Fsp3) is 0.625. The summed E-state index contributed by atoms with van der Waals surface area (Å²) in [6.45, 7) is 8.63. The molecule has 1 unspecified atom stereocenters. The molecule has 2 N–H and O–H groups in total. The van der Waals surface area contributed by atoms with Gasteiger partial charge >= 0.3 is 0 Å². The van der Waals surface area contributed by atoms with Gasteiger partial charge in [-0.3, -0.25) is 0 Å². The highest BCUT2D eigenvalue weighted by molar-refractivity contribution is 5.49. The second-order valence-corrected chi connectivity index (χ2v) is 5.63. The van der Waals surface area contributed by atoms with Gasteiger partial charge in [-0.15, -0.1) is 0 Å². The topological polar surface area (TPSA) is 32.3 Å². The van der Waals surface area contributed by atoms with Crippen LogP contribution in [0.2, 0.25) is 0 Å². The number of aryl methyl sites for hydroxylation is 1. The van der Waals surface area contributed by atoms with Crippen LogP contribution >= 0.6 is 0 Å². The lowest BCUT2D eigenvalue weighted by Crippen LogP contribution is -2.29. The Morgan fingerprint density at radius 1 is 1.39 bits per heavy atom. The van der Waals surface area contributed by atoms with E-state index in [-0.39, 0.29) is 0 Å². The highest BCUT2D eigenvalue weighted by Gasteiger charge is 2.23. The number of hydrogen-bond acceptors (Lipinski definition) is 2. The van der Waals surface area contributed by atoms with Crippen LogP contribution in [0.3, 0.4) is 0 Å². The van der Waals surface area contributed by atoms with E-state index in [0.717, 1.165) is 25.1 Å². The minimum atomic E-state index is 0.471. The molecule has 0 aliphatic carbocycles. The number of phenols is 1. The number of benzene rings is 1. The van der Waals surface area contributed by atoms with Gasteiger partial charge in [0.1, 0.15) is 5.75 Å². The number of phenolic OH excluding ortho intramolecular Hbond substituents is 1. The van der Waals surface area contributed by atoms with E-state index in [0.29, 0.717) is 17.6 Å². The molecule has 0 amide bonds. The summed E-state index contributed by atoms with van der Waals surface area (Å²) in [7, 11) is 0. The largest absolute Gasteiger partial charge is 0.507 e. The Morgan fingerprint density at radius 3 is 2.72 bits per heavy atom. The summed E-state index contributed by atoms with van der Waals surface area (Å²) in [4.78, 5) is 0. The molecule has 0 bridgehead atoms. The third kappa shape index (κ3) is 2.54. The highest BCUT2D eigenvalue weighted by Crippen LogP contribution is 2.38. The minimum absolute atomic E-state index is 0.471. The molecule has 18 heavy (non-hydrogen) atoms. The first-order valence-corrected chi connectivity index (χ1v) is 7.20. The number of hydrogen-bond donors (Lipinski definition) is 2. The average molecular weight is 247 g/mol. The second-order valence-electron chi connectivity index (χ2n) is 5.63. The summed E-state index contributed by atoms with van der Waals surface area (Å²) in [6.07, 6.45) is 3.29. The van der Waals surface area contributed by atoms with Crippen molar-refractivity contribution in [3.8, 4) is 5.75 Å². The lowest BCUT2D eigenvalue weighted by molar-refractivity contribution is 0.418. The van der Waals surface area contributed by atoms with Crippen LogP contribution in [-0.4, -0.2) is 18.2 Å². The Bertz CT molecular complexity index is 406. The van der Waals surface area contributed by atoms with E-state index in [9.17, 15) is 5.11 Å². The monoisotopic (exact) mass is 247 g/mol. The van der Waals surface area contributed by atoms with Gasteiger partial charge in [-0.05, 0) is 42.9 Å². The Labute approximate surface area is 110 Å². The van der Waals surface area contributed by atoms with Crippen LogP contribution < -0.4 is 5.32 Å². The molecule has 0 radical (unpaired) electrons. The van der Waals surface area contributed by atoms with E-state index in [1.165, 1.54) is 24.0 Å². The van der Waals surface area contributed by atoms with E-state index in [1.807, 2.05) is 0 Å². The van der Waals surface area contributed by atoms with Crippen LogP contribution in [0.25, 0.3) is 0 Å². The molecule has 1 aromatic carbocycles. The molecule has 1 aliphatic rings. The molecule has 0 aromatic heterocycles. The van der Waals surface area contributed by atoms with Crippen LogP contribution in [0.5, 0.6) is 5.75 Å². The summed E-state index contributed by atoms with van der Waals surface area (Å²) < 4.78 is 0. The van der Waals surface area contributed by atoms with Gasteiger partial charge in [0.25, 0.3) is 0 Å². The first-order chi connectivity index (χ1) is 8.65. The number of aromatic hydroxyl groups is 1. The predicted molar refractivity (Wildman–Crippen MR) is 76.4 cm³/mol. The first-order valence-electron chi connectivity index (χ1n) is 7.20. The van der Waals surface area contributed by atoms with Crippen molar-refractivity contribution in [3.63, 3.8) is 0 Å². The molecule has 100 valence electrons. The molecule has 2 nitrogen and oxygen atoms in total. The van der Waals surface area contributed by atoms with E-state index < -0.39 is 0 Å². The van der Waals surface area contributed by atoms with Gasteiger partial charge in [0.15, 0.2) is 0 Å². The van der Waals surface area contributed by atoms with Crippen molar-refractivity contribution in [2.24, 2.45) is 0 Å². The fourth-order valence-corrected chi connectivity index (χ4v) is 2.98. The van der Waals surface area contributed by atoms with Gasteiger partial charge in [-0.2, -0.15) is 0 Å². The normalized spacial score (nSPS) is 20.3. The zero-order valence-electron chi connectivity index (χ0n) is 11.8. The maximum absolute atomic E-state index is 10.5. The molecule has 1 aromatic rings. The first kappa shape index (κ1) is 13.4. The van der Waals surface area contributed by atoms with Crippen molar-refractivity contribution < 1.29 is 5.11 Å². The molecule has 2 heteroatoms. The maximum Gasteiger partial charge on any atom is 0.122 e. The molecular formula is C16H25NO. The van der Waals surface area contributed by atoms with Crippen molar-refractivity contribution in [2.75, 3.05) is 13.1 Å². The third-order valence-electron chi connectivity index (χ3n) is 4.04. The van der Waals surface area contributed by atoms with Gasteiger partial charge in [-0.25, -0.2) is 0 Å². The third-order valence-corrected chi connectivity index (χ3v) is 4.04. The van der Waals surface area contributed by atoms with Crippen LogP contribution in [-0.2, 0) is 6.42 Å². The van der Waals surface area contributed by atoms with Crippen LogP contribution in [0.1, 0.15) is 62.1 Å². The molecule has 0 spiro atoms. The van der Waals surface area contributed by atoms with Crippen molar-refractivity contribution >= 4 is 0 Å². The number of piperidine rings is 1. The molecule has 1 atom stereocenters. The molecule has 1 heterocycles. The van der Waals surface area contributed by atoms with Crippen molar-refractivity contribution in [3.05, 3.63) is 28.8 Å². The molecule has 1 fully saturated rings. The van der Waals surface area contributed by atoms with Gasteiger partial charge in [0, 0.05) is 18.0 Å². The average Bonchev–Trinajstić information content (AvgIpc) is 2.39. The van der Waals surface area contributed by atoms with E-state index in [4.69, 9.17) is 0 Å². The summed E-state index contributed by atoms with van der Waals surface area (Å²) in [6, 6.07) is 4.30. The molecule has 1 aliphatic heterocycles. The van der Waals surface area contributed by atoms with Crippen LogP contribution in [0.15, 0.2) is 12.1 Å². The highest BCUT2D eigenvalue weighted by atomic mass is 16.3. The Morgan fingerprint density at radius 2 is 2.17 bits per heavy atom. The van der Waals surface area contributed by atoms with E-state index in [2.05, 4.69) is 38.2 Å². The smallest absolute Gasteiger partial charge is 0.122 e. The molecular weight excluding hydrogens is 222 g/mol. The minimum Gasteiger partial charge on any atom is -0.507 e. The summed E-state index contributed by atoms with van der Waals surface area (Å²) in [5.41, 5.74) is 3.61.